The van der Waals surface area contributed by atoms with Crippen molar-refractivity contribution >= 4 is 19.9 Å². The predicted octanol–water partition coefficient (Wildman–Crippen LogP) is 1.01. The molecule has 1 aromatic heterocycles. The minimum Gasteiger partial charge on any atom is -0.296 e. The fourth-order valence-corrected chi connectivity index (χ4v) is 5.59. The van der Waals surface area contributed by atoms with E-state index in [1.165, 1.54) is 12.1 Å². The number of nitrogens with one attached hydrogen (secondary N) is 1. The van der Waals surface area contributed by atoms with Crippen LogP contribution >= 0.6 is 0 Å². The first kappa shape index (κ1) is 22.5. The number of tetrazole rings is 1. The molecule has 2 aromatic carbocycles. The second-order valence-corrected chi connectivity index (χ2v) is 11.5. The third-order valence-electron chi connectivity index (χ3n) is 5.37. The molecule has 1 N–H and O–H groups in total. The zero-order valence-electron chi connectivity index (χ0n) is 17.5. The average molecular weight is 477 g/mol. The summed E-state index contributed by atoms with van der Waals surface area (Å²) < 4.78 is 52.8. The number of nitrogens with zero attached hydrogens (tertiary/aromatic N) is 5. The van der Waals surface area contributed by atoms with E-state index in [0.29, 0.717) is 44.0 Å². The van der Waals surface area contributed by atoms with Gasteiger partial charge in [-0.2, -0.15) is 4.68 Å². The summed E-state index contributed by atoms with van der Waals surface area (Å²) in [6.07, 6.45) is 2.52. The summed E-state index contributed by atoms with van der Waals surface area (Å²) in [7, 11) is -6.81. The van der Waals surface area contributed by atoms with Crippen molar-refractivity contribution in [3.05, 3.63) is 60.4 Å². The molecule has 0 radical (unpaired) electrons. The molecular weight excluding hydrogens is 452 g/mol. The van der Waals surface area contributed by atoms with E-state index in [9.17, 15) is 16.8 Å². The molecule has 0 spiro atoms. The van der Waals surface area contributed by atoms with Crippen LogP contribution in [-0.2, 0) is 26.4 Å². The first-order valence-electron chi connectivity index (χ1n) is 10.1. The summed E-state index contributed by atoms with van der Waals surface area (Å²) in [5, 5.41) is 11.9. The molecule has 0 amide bonds. The van der Waals surface area contributed by atoms with Gasteiger partial charge in [-0.1, -0.05) is 18.2 Å². The molecule has 1 saturated heterocycles. The molecule has 32 heavy (non-hydrogen) atoms. The highest BCUT2D eigenvalue weighted by atomic mass is 32.2. The fraction of sp³-hybridized carbons (Fsp3) is 0.350. The third-order valence-corrected chi connectivity index (χ3v) is 8.04. The van der Waals surface area contributed by atoms with Crippen LogP contribution in [0.15, 0.2) is 64.4 Å². The van der Waals surface area contributed by atoms with E-state index in [2.05, 4.69) is 25.1 Å². The lowest BCUT2D eigenvalue weighted by Crippen LogP contribution is -2.44. The van der Waals surface area contributed by atoms with Gasteiger partial charge in [0.1, 0.15) is 0 Å². The van der Waals surface area contributed by atoms with Crippen molar-refractivity contribution in [1.82, 2.24) is 29.8 Å². The largest absolute Gasteiger partial charge is 0.296 e. The summed E-state index contributed by atoms with van der Waals surface area (Å²) in [4.78, 5) is 2.67. The van der Waals surface area contributed by atoms with Gasteiger partial charge in [-0.05, 0) is 59.7 Å². The summed E-state index contributed by atoms with van der Waals surface area (Å²) in [5.74, 6) is 0.625. The van der Waals surface area contributed by atoms with Crippen LogP contribution < -0.4 is 4.72 Å². The van der Waals surface area contributed by atoms with Crippen LogP contribution in [0.4, 0.5) is 0 Å². The van der Waals surface area contributed by atoms with Gasteiger partial charge in [0.2, 0.25) is 10.0 Å². The highest BCUT2D eigenvalue weighted by molar-refractivity contribution is 7.90. The quantitative estimate of drug-likeness (QED) is 0.535. The number of piperidine rings is 1. The number of sulfonamides is 1. The summed E-state index contributed by atoms with van der Waals surface area (Å²) in [5.41, 5.74) is 0.669. The Balaban J connectivity index is 1.37. The van der Waals surface area contributed by atoms with Crippen LogP contribution in [0.1, 0.15) is 18.7 Å². The lowest BCUT2D eigenvalue weighted by Gasteiger charge is -2.31. The summed E-state index contributed by atoms with van der Waals surface area (Å²) in [6.45, 7) is 1.89. The monoisotopic (exact) mass is 476 g/mol. The van der Waals surface area contributed by atoms with E-state index in [-0.39, 0.29) is 15.8 Å². The first-order chi connectivity index (χ1) is 15.2. The lowest BCUT2D eigenvalue weighted by atomic mass is 10.1. The maximum absolute atomic E-state index is 12.5. The van der Waals surface area contributed by atoms with Crippen LogP contribution in [0.5, 0.6) is 0 Å². The summed E-state index contributed by atoms with van der Waals surface area (Å²) in [6, 6.07) is 14.6. The molecule has 0 bridgehead atoms. The van der Waals surface area contributed by atoms with E-state index in [1.54, 1.807) is 47.1 Å². The van der Waals surface area contributed by atoms with Gasteiger partial charge in [0, 0.05) is 25.4 Å². The van der Waals surface area contributed by atoms with E-state index >= 15 is 0 Å². The van der Waals surface area contributed by atoms with Gasteiger partial charge in [0.05, 0.1) is 22.0 Å². The lowest BCUT2D eigenvalue weighted by molar-refractivity contribution is 0.194. The van der Waals surface area contributed by atoms with Crippen molar-refractivity contribution < 1.29 is 16.8 Å². The maximum Gasteiger partial charge on any atom is 0.240 e. The van der Waals surface area contributed by atoms with E-state index in [1.807, 2.05) is 0 Å². The standard InChI is InChI=1S/C20H24N6O4S2/c1-31(27,28)18-9-7-17(8-10-18)26-20(21-23-24-26)15-25-13-11-16(12-14-25)22-32(29,30)19-5-3-2-4-6-19/h2-10,16,22H,11-15H2,1H3. The molecule has 1 aliphatic rings. The molecule has 1 aliphatic heterocycles. The number of rotatable bonds is 7. The fourth-order valence-electron chi connectivity index (χ4n) is 3.64. The molecule has 12 heteroatoms. The van der Waals surface area contributed by atoms with Crippen LogP contribution in [-0.4, -0.2) is 67.3 Å². The van der Waals surface area contributed by atoms with Crippen molar-refractivity contribution in [3.8, 4) is 5.69 Å². The van der Waals surface area contributed by atoms with Gasteiger partial charge in [-0.25, -0.2) is 21.6 Å². The Hall–Kier alpha value is -2.67. The van der Waals surface area contributed by atoms with Gasteiger partial charge >= 0.3 is 0 Å². The average Bonchev–Trinajstić information content (AvgIpc) is 3.23. The Morgan fingerprint density at radius 2 is 1.59 bits per heavy atom. The number of benzene rings is 2. The zero-order chi connectivity index (χ0) is 22.8. The molecule has 0 aliphatic carbocycles. The maximum atomic E-state index is 12.5. The van der Waals surface area contributed by atoms with Crippen molar-refractivity contribution in [1.29, 1.82) is 0 Å². The topological polar surface area (TPSA) is 127 Å². The molecule has 1 fully saturated rings. The second-order valence-electron chi connectivity index (χ2n) is 7.76. The van der Waals surface area contributed by atoms with E-state index < -0.39 is 19.9 Å². The molecule has 0 atom stereocenters. The van der Waals surface area contributed by atoms with Gasteiger partial charge in [0.15, 0.2) is 15.7 Å². The Bertz CT molecular complexity index is 1270. The Labute approximate surface area is 187 Å². The first-order valence-corrected chi connectivity index (χ1v) is 13.5. The normalized spacial score (nSPS) is 16.3. The van der Waals surface area contributed by atoms with Crippen molar-refractivity contribution in [2.75, 3.05) is 19.3 Å². The van der Waals surface area contributed by atoms with Gasteiger partial charge < -0.3 is 0 Å². The van der Waals surface area contributed by atoms with Crippen LogP contribution in [0.2, 0.25) is 0 Å². The molecule has 0 saturated carbocycles. The van der Waals surface area contributed by atoms with Crippen LogP contribution in [0, 0.1) is 0 Å². The Kier molecular flexibility index (Phi) is 6.38. The van der Waals surface area contributed by atoms with Gasteiger partial charge in [-0.3, -0.25) is 4.90 Å². The number of likely N-dealkylation sites (tertiary alicyclic amines) is 1. The Morgan fingerprint density at radius 3 is 2.22 bits per heavy atom. The minimum atomic E-state index is -3.53. The van der Waals surface area contributed by atoms with E-state index in [4.69, 9.17) is 0 Å². The molecule has 3 aromatic rings. The highest BCUT2D eigenvalue weighted by Crippen LogP contribution is 2.18. The molecule has 0 unspecified atom stereocenters. The van der Waals surface area contributed by atoms with Gasteiger partial charge in [-0.15, -0.1) is 5.10 Å². The number of aromatic nitrogens is 4. The zero-order valence-corrected chi connectivity index (χ0v) is 19.1. The number of hydrogen-bond acceptors (Lipinski definition) is 8. The molecular formula is C20H24N6O4S2. The van der Waals surface area contributed by atoms with Crippen molar-refractivity contribution in [3.63, 3.8) is 0 Å². The van der Waals surface area contributed by atoms with Gasteiger partial charge in [0.25, 0.3) is 0 Å². The predicted molar refractivity (Wildman–Crippen MR) is 117 cm³/mol. The van der Waals surface area contributed by atoms with Crippen LogP contribution in [0.25, 0.3) is 5.69 Å². The Morgan fingerprint density at radius 1 is 0.938 bits per heavy atom. The highest BCUT2D eigenvalue weighted by Gasteiger charge is 2.25. The second kappa shape index (κ2) is 9.06. The smallest absolute Gasteiger partial charge is 0.240 e. The van der Waals surface area contributed by atoms with E-state index in [0.717, 1.165) is 6.26 Å². The SMILES string of the molecule is CS(=O)(=O)c1ccc(-n2nnnc2CN2CCC(NS(=O)(=O)c3ccccc3)CC2)cc1. The van der Waals surface area contributed by atoms with Crippen molar-refractivity contribution in [2.24, 2.45) is 0 Å². The minimum absolute atomic E-state index is 0.129. The molecule has 170 valence electrons. The third kappa shape index (κ3) is 5.21. The molecule has 4 rings (SSSR count). The number of hydrogen-bond donors (Lipinski definition) is 1. The van der Waals surface area contributed by atoms with Crippen molar-refractivity contribution in [2.45, 2.75) is 35.2 Å². The van der Waals surface area contributed by atoms with Crippen LogP contribution in [0.3, 0.4) is 0 Å². The summed E-state index contributed by atoms with van der Waals surface area (Å²) >= 11 is 0. The molecule has 10 nitrogen and oxygen atoms in total. The number of sulfone groups is 1. The molecule has 2 heterocycles.